The fraction of sp³-hybridized carbons (Fsp3) is 0. The van der Waals surface area contributed by atoms with E-state index in [0.717, 1.165) is 5.56 Å². The zero-order chi connectivity index (χ0) is 12.3. The molecule has 0 saturated carbocycles. The van der Waals surface area contributed by atoms with Gasteiger partial charge in [-0.3, -0.25) is 0 Å². The van der Waals surface area contributed by atoms with Crippen molar-refractivity contribution in [3.63, 3.8) is 0 Å². The largest absolute Gasteiger partial charge is 0.508 e. The first kappa shape index (κ1) is 11.1. The van der Waals surface area contributed by atoms with Crippen molar-refractivity contribution in [3.05, 3.63) is 53.6 Å². The minimum absolute atomic E-state index is 0.0957. The van der Waals surface area contributed by atoms with E-state index in [9.17, 15) is 15.3 Å². The third kappa shape index (κ3) is 2.78. The quantitative estimate of drug-likeness (QED) is 0.547. The van der Waals surface area contributed by atoms with Crippen molar-refractivity contribution in [2.45, 2.75) is 0 Å². The van der Waals surface area contributed by atoms with E-state index < -0.39 is 0 Å². The van der Waals surface area contributed by atoms with Crippen LogP contribution in [0.2, 0.25) is 0 Å². The molecule has 0 radical (unpaired) electrons. The van der Waals surface area contributed by atoms with Crippen molar-refractivity contribution in [2.24, 2.45) is 0 Å². The lowest BCUT2D eigenvalue weighted by atomic mass is 10.1. The minimum Gasteiger partial charge on any atom is -0.508 e. The summed E-state index contributed by atoms with van der Waals surface area (Å²) < 4.78 is 0. The first-order valence-electron chi connectivity index (χ1n) is 5.14. The molecule has 0 aliphatic rings. The van der Waals surface area contributed by atoms with E-state index in [0.29, 0.717) is 5.56 Å². The van der Waals surface area contributed by atoms with E-state index in [1.165, 1.54) is 18.2 Å². The maximum absolute atomic E-state index is 9.56. The summed E-state index contributed by atoms with van der Waals surface area (Å²) in [5.41, 5.74) is 1.33. The third-order valence-corrected chi connectivity index (χ3v) is 2.34. The van der Waals surface area contributed by atoms with Crippen LogP contribution in [0.5, 0.6) is 17.2 Å². The highest BCUT2D eigenvalue weighted by Gasteiger charge is 1.98. The molecule has 2 aromatic rings. The van der Waals surface area contributed by atoms with Crippen LogP contribution in [0.15, 0.2) is 42.5 Å². The molecular formula is C14H12O3. The average Bonchev–Trinajstić information content (AvgIpc) is 2.30. The normalized spacial score (nSPS) is 10.8. The van der Waals surface area contributed by atoms with Crippen LogP contribution in [0.1, 0.15) is 11.1 Å². The van der Waals surface area contributed by atoms with Gasteiger partial charge in [0.25, 0.3) is 0 Å². The molecule has 0 spiro atoms. The molecule has 0 unspecified atom stereocenters. The van der Waals surface area contributed by atoms with Crippen LogP contribution in [-0.4, -0.2) is 15.3 Å². The van der Waals surface area contributed by atoms with E-state index in [1.54, 1.807) is 30.4 Å². The Kier molecular flexibility index (Phi) is 3.01. The number of benzene rings is 2. The molecule has 0 aromatic heterocycles. The topological polar surface area (TPSA) is 60.7 Å². The van der Waals surface area contributed by atoms with Crippen LogP contribution in [0.25, 0.3) is 12.2 Å². The molecule has 2 rings (SSSR count). The highest BCUT2D eigenvalue weighted by molar-refractivity contribution is 5.73. The molecular weight excluding hydrogens is 216 g/mol. The second-order valence-electron chi connectivity index (χ2n) is 3.67. The lowest BCUT2D eigenvalue weighted by Crippen LogP contribution is -1.75. The van der Waals surface area contributed by atoms with Gasteiger partial charge in [-0.2, -0.15) is 0 Å². The smallest absolute Gasteiger partial charge is 0.123 e. The molecule has 0 aliphatic heterocycles. The average molecular weight is 228 g/mol. The Morgan fingerprint density at radius 1 is 0.765 bits per heavy atom. The fourth-order valence-corrected chi connectivity index (χ4v) is 1.49. The second-order valence-corrected chi connectivity index (χ2v) is 3.67. The van der Waals surface area contributed by atoms with Gasteiger partial charge in [0, 0.05) is 5.56 Å². The van der Waals surface area contributed by atoms with Crippen LogP contribution < -0.4 is 0 Å². The van der Waals surface area contributed by atoms with Crippen LogP contribution in [0, 0.1) is 0 Å². The van der Waals surface area contributed by atoms with Gasteiger partial charge in [0.05, 0.1) is 0 Å². The Labute approximate surface area is 98.9 Å². The van der Waals surface area contributed by atoms with Gasteiger partial charge in [0.1, 0.15) is 17.2 Å². The predicted octanol–water partition coefficient (Wildman–Crippen LogP) is 2.97. The molecule has 2 aromatic carbocycles. The van der Waals surface area contributed by atoms with Gasteiger partial charge in [-0.25, -0.2) is 0 Å². The van der Waals surface area contributed by atoms with Crippen molar-refractivity contribution < 1.29 is 15.3 Å². The minimum atomic E-state index is 0.0957. The van der Waals surface area contributed by atoms with Crippen molar-refractivity contribution in [1.29, 1.82) is 0 Å². The summed E-state index contributed by atoms with van der Waals surface area (Å²) in [6, 6.07) is 11.1. The van der Waals surface area contributed by atoms with E-state index >= 15 is 0 Å². The molecule has 0 atom stereocenters. The Morgan fingerprint density at radius 3 is 2.29 bits per heavy atom. The van der Waals surface area contributed by atoms with Gasteiger partial charge in [-0.15, -0.1) is 0 Å². The Hall–Kier alpha value is -2.42. The summed E-state index contributed by atoms with van der Waals surface area (Å²) in [7, 11) is 0. The molecule has 17 heavy (non-hydrogen) atoms. The fourth-order valence-electron chi connectivity index (χ4n) is 1.49. The molecule has 3 nitrogen and oxygen atoms in total. The number of rotatable bonds is 2. The summed E-state index contributed by atoms with van der Waals surface area (Å²) in [4.78, 5) is 0. The molecule has 0 bridgehead atoms. The Morgan fingerprint density at radius 2 is 1.53 bits per heavy atom. The van der Waals surface area contributed by atoms with Crippen LogP contribution in [0.4, 0.5) is 0 Å². The summed E-state index contributed by atoms with van der Waals surface area (Å²) in [5.74, 6) is 0.379. The highest BCUT2D eigenvalue weighted by Crippen LogP contribution is 2.24. The standard InChI is InChI=1S/C14H12O3/c15-12-3-1-2-10(8-12)4-5-11-9-13(16)6-7-14(11)17/h1-9,15-17H/b5-4+. The third-order valence-electron chi connectivity index (χ3n) is 2.34. The molecule has 86 valence electrons. The molecule has 0 fully saturated rings. The van der Waals surface area contributed by atoms with Gasteiger partial charge in [-0.05, 0) is 35.9 Å². The summed E-state index contributed by atoms with van der Waals surface area (Å²) in [5, 5.41) is 28.1. The SMILES string of the molecule is Oc1cccc(/C=C/c2cc(O)ccc2O)c1. The predicted molar refractivity (Wildman–Crippen MR) is 66.8 cm³/mol. The number of aromatic hydroxyl groups is 3. The molecule has 0 amide bonds. The van der Waals surface area contributed by atoms with Gasteiger partial charge in [0.15, 0.2) is 0 Å². The van der Waals surface area contributed by atoms with E-state index in [4.69, 9.17) is 0 Å². The van der Waals surface area contributed by atoms with Crippen molar-refractivity contribution in [2.75, 3.05) is 0 Å². The molecule has 0 aliphatic carbocycles. The zero-order valence-corrected chi connectivity index (χ0v) is 9.04. The first-order chi connectivity index (χ1) is 8.15. The second kappa shape index (κ2) is 4.61. The van der Waals surface area contributed by atoms with Crippen LogP contribution in [0.3, 0.4) is 0 Å². The van der Waals surface area contributed by atoms with Gasteiger partial charge >= 0.3 is 0 Å². The molecule has 0 heterocycles. The molecule has 3 heteroatoms. The van der Waals surface area contributed by atoms with Gasteiger partial charge in [0.2, 0.25) is 0 Å². The molecule has 3 N–H and O–H groups in total. The maximum atomic E-state index is 9.56. The van der Waals surface area contributed by atoms with E-state index in [2.05, 4.69) is 0 Å². The van der Waals surface area contributed by atoms with E-state index in [1.807, 2.05) is 6.07 Å². The number of hydrogen-bond donors (Lipinski definition) is 3. The summed E-state index contributed by atoms with van der Waals surface area (Å²) >= 11 is 0. The van der Waals surface area contributed by atoms with Gasteiger partial charge < -0.3 is 15.3 Å². The monoisotopic (exact) mass is 228 g/mol. The molecule has 0 saturated heterocycles. The van der Waals surface area contributed by atoms with E-state index in [-0.39, 0.29) is 17.2 Å². The number of phenolic OH excluding ortho intramolecular Hbond substituents is 3. The number of phenols is 3. The van der Waals surface area contributed by atoms with Crippen LogP contribution >= 0.6 is 0 Å². The summed E-state index contributed by atoms with van der Waals surface area (Å²) in [6.07, 6.45) is 3.41. The van der Waals surface area contributed by atoms with Crippen molar-refractivity contribution in [3.8, 4) is 17.2 Å². The Bertz CT molecular complexity index is 559. The van der Waals surface area contributed by atoms with Crippen molar-refractivity contribution in [1.82, 2.24) is 0 Å². The Balaban J connectivity index is 2.29. The number of hydrogen-bond acceptors (Lipinski definition) is 3. The summed E-state index contributed by atoms with van der Waals surface area (Å²) in [6.45, 7) is 0. The first-order valence-corrected chi connectivity index (χ1v) is 5.14. The lowest BCUT2D eigenvalue weighted by molar-refractivity contribution is 0.459. The van der Waals surface area contributed by atoms with Crippen LogP contribution in [-0.2, 0) is 0 Å². The van der Waals surface area contributed by atoms with Gasteiger partial charge in [-0.1, -0.05) is 24.3 Å². The maximum Gasteiger partial charge on any atom is 0.123 e. The lowest BCUT2D eigenvalue weighted by Gasteiger charge is -2.00. The highest BCUT2D eigenvalue weighted by atomic mass is 16.3. The zero-order valence-electron chi connectivity index (χ0n) is 9.04. The van der Waals surface area contributed by atoms with Crippen molar-refractivity contribution >= 4 is 12.2 Å².